The maximum atomic E-state index is 10.4. The highest BCUT2D eigenvalue weighted by Gasteiger charge is 2.56. The smallest absolute Gasteiger partial charge is 0.187 e. The molecule has 1 saturated heterocycles. The van der Waals surface area contributed by atoms with E-state index in [1.807, 2.05) is 0 Å². The van der Waals surface area contributed by atoms with Crippen LogP contribution in [0.4, 0.5) is 0 Å². The number of hydrogen-bond donors (Lipinski definition) is 8. The van der Waals surface area contributed by atoms with Crippen molar-refractivity contribution in [2.75, 3.05) is 26.4 Å². The molecule has 0 aromatic heterocycles. The molecule has 1 heterocycles. The van der Waals surface area contributed by atoms with Gasteiger partial charge in [0.2, 0.25) is 0 Å². The Labute approximate surface area is 138 Å². The van der Waals surface area contributed by atoms with Crippen molar-refractivity contribution in [2.24, 2.45) is 11.8 Å². The zero-order valence-electron chi connectivity index (χ0n) is 13.0. The van der Waals surface area contributed by atoms with E-state index < -0.39 is 74.1 Å². The average Bonchev–Trinajstić information content (AvgIpc) is 2.87. The van der Waals surface area contributed by atoms with Gasteiger partial charge in [0.15, 0.2) is 6.29 Å². The summed E-state index contributed by atoms with van der Waals surface area (Å²) in [6, 6.07) is 0. The van der Waals surface area contributed by atoms with E-state index in [4.69, 9.17) is 9.47 Å². The molecule has 10 nitrogen and oxygen atoms in total. The Morgan fingerprint density at radius 3 is 2.00 bits per heavy atom. The number of aliphatic hydroxyl groups excluding tert-OH is 8. The van der Waals surface area contributed by atoms with Gasteiger partial charge >= 0.3 is 0 Å². The van der Waals surface area contributed by atoms with Gasteiger partial charge < -0.3 is 50.3 Å². The third-order valence-electron chi connectivity index (χ3n) is 5.07. The fraction of sp³-hybridized carbons (Fsp3) is 1.00. The first-order chi connectivity index (χ1) is 11.3. The molecule has 9 unspecified atom stereocenters. The zero-order chi connectivity index (χ0) is 18.1. The summed E-state index contributed by atoms with van der Waals surface area (Å²) >= 11 is 0. The second kappa shape index (κ2) is 7.87. The summed E-state index contributed by atoms with van der Waals surface area (Å²) in [7, 11) is 0. The lowest BCUT2D eigenvalue weighted by Gasteiger charge is -2.44. The third kappa shape index (κ3) is 3.31. The lowest BCUT2D eigenvalue weighted by Crippen LogP contribution is -2.62. The SMILES string of the molecule is OCC1CC(CO)(OC2OC(CO)C(O)C(O)C2O)C(O)C1CO. The second-order valence-corrected chi connectivity index (χ2v) is 6.48. The van der Waals surface area contributed by atoms with Crippen molar-refractivity contribution >= 4 is 0 Å². The van der Waals surface area contributed by atoms with Crippen LogP contribution in [0.15, 0.2) is 0 Å². The van der Waals surface area contributed by atoms with Gasteiger partial charge in [0.05, 0.1) is 19.3 Å². The molecule has 24 heavy (non-hydrogen) atoms. The van der Waals surface area contributed by atoms with Crippen LogP contribution in [0.5, 0.6) is 0 Å². The minimum atomic E-state index is -1.68. The van der Waals surface area contributed by atoms with Crippen molar-refractivity contribution < 1.29 is 50.3 Å². The minimum Gasteiger partial charge on any atom is -0.396 e. The maximum Gasteiger partial charge on any atom is 0.187 e. The molecule has 1 aliphatic heterocycles. The van der Waals surface area contributed by atoms with Gasteiger partial charge in [0.25, 0.3) is 0 Å². The molecule has 0 bridgehead atoms. The number of aliphatic hydroxyl groups is 8. The first-order valence-electron chi connectivity index (χ1n) is 7.84. The van der Waals surface area contributed by atoms with Gasteiger partial charge in [-0.25, -0.2) is 0 Å². The molecule has 2 fully saturated rings. The summed E-state index contributed by atoms with van der Waals surface area (Å²) in [6.45, 7) is -2.11. The van der Waals surface area contributed by atoms with Gasteiger partial charge in [-0.2, -0.15) is 0 Å². The van der Waals surface area contributed by atoms with Crippen LogP contribution < -0.4 is 0 Å². The van der Waals surface area contributed by atoms with Crippen molar-refractivity contribution in [1.29, 1.82) is 0 Å². The predicted octanol–water partition coefficient (Wildman–Crippen LogP) is -4.48. The molecule has 2 rings (SSSR count). The zero-order valence-corrected chi connectivity index (χ0v) is 13.0. The van der Waals surface area contributed by atoms with E-state index in [1.165, 1.54) is 0 Å². The molecule has 0 spiro atoms. The van der Waals surface area contributed by atoms with Crippen LogP contribution in [-0.4, -0.2) is 110 Å². The maximum absolute atomic E-state index is 10.4. The summed E-state index contributed by atoms with van der Waals surface area (Å²) in [5.74, 6) is -1.28. The van der Waals surface area contributed by atoms with Crippen molar-refractivity contribution in [1.82, 2.24) is 0 Å². The quantitative estimate of drug-likeness (QED) is 0.232. The molecule has 10 heteroatoms. The van der Waals surface area contributed by atoms with E-state index in [-0.39, 0.29) is 13.0 Å². The molecule has 1 aliphatic carbocycles. The highest BCUT2D eigenvalue weighted by atomic mass is 16.7. The summed E-state index contributed by atoms with van der Waals surface area (Å²) in [4.78, 5) is 0. The van der Waals surface area contributed by atoms with Crippen LogP contribution >= 0.6 is 0 Å². The predicted molar refractivity (Wildman–Crippen MR) is 76.4 cm³/mol. The molecule has 9 atom stereocenters. The highest BCUT2D eigenvalue weighted by Crippen LogP contribution is 2.43. The van der Waals surface area contributed by atoms with E-state index in [0.717, 1.165) is 0 Å². The third-order valence-corrected chi connectivity index (χ3v) is 5.07. The number of ether oxygens (including phenoxy) is 2. The van der Waals surface area contributed by atoms with Gasteiger partial charge in [-0.3, -0.25) is 0 Å². The van der Waals surface area contributed by atoms with Crippen LogP contribution in [-0.2, 0) is 9.47 Å². The first kappa shape index (κ1) is 19.9. The Morgan fingerprint density at radius 2 is 1.54 bits per heavy atom. The highest BCUT2D eigenvalue weighted by molar-refractivity contribution is 5.04. The Hall–Kier alpha value is -0.400. The fourth-order valence-electron chi connectivity index (χ4n) is 3.52. The normalized spacial score (nSPS) is 49.5. The number of hydrogen-bond acceptors (Lipinski definition) is 10. The lowest BCUT2D eigenvalue weighted by atomic mass is 9.95. The minimum absolute atomic E-state index is 0.0125. The van der Waals surface area contributed by atoms with Gasteiger partial charge in [-0.05, 0) is 12.3 Å². The molecular weight excluding hydrogens is 328 g/mol. The summed E-state index contributed by atoms with van der Waals surface area (Å²) < 4.78 is 10.8. The molecule has 0 amide bonds. The first-order valence-corrected chi connectivity index (χ1v) is 7.84. The fourth-order valence-corrected chi connectivity index (χ4v) is 3.52. The molecule has 8 N–H and O–H groups in total. The Morgan fingerprint density at radius 1 is 0.875 bits per heavy atom. The summed E-state index contributed by atoms with van der Waals surface area (Å²) in [6.07, 6.45) is -8.97. The Kier molecular flexibility index (Phi) is 6.53. The molecule has 1 saturated carbocycles. The van der Waals surface area contributed by atoms with Gasteiger partial charge in [0.1, 0.15) is 30.0 Å². The summed E-state index contributed by atoms with van der Waals surface area (Å²) in [5.41, 5.74) is -1.63. The van der Waals surface area contributed by atoms with Gasteiger partial charge in [-0.1, -0.05) is 0 Å². The standard InChI is InChI=1S/C14H26O10/c15-2-6-1-14(5-18,12(22)7(6)3-16)24-13-11(21)10(20)9(19)8(4-17)23-13/h6-13,15-22H,1-5H2. The van der Waals surface area contributed by atoms with Crippen LogP contribution in [0.2, 0.25) is 0 Å². The van der Waals surface area contributed by atoms with E-state index in [9.17, 15) is 40.9 Å². The van der Waals surface area contributed by atoms with E-state index in [1.54, 1.807) is 0 Å². The molecule has 0 radical (unpaired) electrons. The molecule has 0 aromatic rings. The second-order valence-electron chi connectivity index (χ2n) is 6.48. The van der Waals surface area contributed by atoms with Crippen molar-refractivity contribution in [2.45, 2.75) is 48.8 Å². The monoisotopic (exact) mass is 354 g/mol. The average molecular weight is 354 g/mol. The van der Waals surface area contributed by atoms with Gasteiger partial charge in [-0.15, -0.1) is 0 Å². The van der Waals surface area contributed by atoms with Gasteiger partial charge in [0, 0.05) is 19.1 Å². The van der Waals surface area contributed by atoms with Crippen molar-refractivity contribution in [3.63, 3.8) is 0 Å². The van der Waals surface area contributed by atoms with Crippen molar-refractivity contribution in [3.8, 4) is 0 Å². The largest absolute Gasteiger partial charge is 0.396 e. The Balaban J connectivity index is 2.20. The Bertz CT molecular complexity index is 407. The van der Waals surface area contributed by atoms with Crippen LogP contribution in [0.1, 0.15) is 6.42 Å². The van der Waals surface area contributed by atoms with E-state index >= 15 is 0 Å². The van der Waals surface area contributed by atoms with E-state index in [0.29, 0.717) is 0 Å². The molecular formula is C14H26O10. The topological polar surface area (TPSA) is 180 Å². The molecule has 142 valence electrons. The lowest BCUT2D eigenvalue weighted by molar-refractivity contribution is -0.338. The number of rotatable bonds is 6. The summed E-state index contributed by atoms with van der Waals surface area (Å²) in [5, 5.41) is 77.6. The van der Waals surface area contributed by atoms with Crippen molar-refractivity contribution in [3.05, 3.63) is 0 Å². The van der Waals surface area contributed by atoms with Crippen LogP contribution in [0.3, 0.4) is 0 Å². The van der Waals surface area contributed by atoms with Crippen LogP contribution in [0.25, 0.3) is 0 Å². The van der Waals surface area contributed by atoms with Crippen LogP contribution in [0, 0.1) is 11.8 Å². The molecule has 0 aromatic carbocycles. The van der Waals surface area contributed by atoms with E-state index in [2.05, 4.69) is 0 Å². The molecule has 2 aliphatic rings.